The molecule has 0 aromatic carbocycles. The predicted octanol–water partition coefficient (Wildman–Crippen LogP) is 2.40. The SMILES string of the molecule is CCC(C)n1ncc2c(C(=O)N3CCC[C@@H]3C(=O)O)cc(C)nc21. The number of carbonyl (C=O) groups excluding carboxylic acids is 1. The molecule has 2 aromatic rings. The molecule has 1 N–H and O–H groups in total. The van der Waals surface area contributed by atoms with Crippen LogP contribution in [-0.4, -0.2) is 49.2 Å². The number of fused-ring (bicyclic) bond motifs is 1. The van der Waals surface area contributed by atoms with Gasteiger partial charge in [0, 0.05) is 12.2 Å². The van der Waals surface area contributed by atoms with Crippen LogP contribution < -0.4 is 0 Å². The van der Waals surface area contributed by atoms with E-state index in [0.29, 0.717) is 36.0 Å². The van der Waals surface area contributed by atoms with Gasteiger partial charge in [-0.1, -0.05) is 6.92 Å². The van der Waals surface area contributed by atoms with Gasteiger partial charge in [0.2, 0.25) is 0 Å². The van der Waals surface area contributed by atoms with Gasteiger partial charge < -0.3 is 10.0 Å². The minimum absolute atomic E-state index is 0.179. The van der Waals surface area contributed by atoms with E-state index in [-0.39, 0.29) is 11.9 Å². The number of carboxylic acids is 1. The molecule has 128 valence electrons. The maximum absolute atomic E-state index is 13.0. The number of carboxylic acid groups (broad SMARTS) is 1. The zero-order valence-corrected chi connectivity index (χ0v) is 14.2. The standard InChI is InChI=1S/C17H22N4O3/c1-4-11(3)21-15-13(9-18-21)12(8-10(2)19-15)16(22)20-7-5-6-14(20)17(23)24/h8-9,11,14H,4-7H2,1-3H3,(H,23,24)/t11?,14-/m1/s1. The van der Waals surface area contributed by atoms with Gasteiger partial charge >= 0.3 is 5.97 Å². The molecular weight excluding hydrogens is 308 g/mol. The number of likely N-dealkylation sites (tertiary alicyclic amines) is 1. The summed E-state index contributed by atoms with van der Waals surface area (Å²) < 4.78 is 1.83. The molecule has 3 rings (SSSR count). The summed E-state index contributed by atoms with van der Waals surface area (Å²) in [4.78, 5) is 30.4. The average molecular weight is 330 g/mol. The fraction of sp³-hybridized carbons (Fsp3) is 0.529. The summed E-state index contributed by atoms with van der Waals surface area (Å²) in [5.41, 5.74) is 1.89. The van der Waals surface area contributed by atoms with E-state index in [9.17, 15) is 14.7 Å². The van der Waals surface area contributed by atoms with Crippen LogP contribution in [0, 0.1) is 6.92 Å². The Morgan fingerprint density at radius 2 is 2.21 bits per heavy atom. The highest BCUT2D eigenvalue weighted by molar-refractivity contribution is 6.06. The molecule has 2 atom stereocenters. The van der Waals surface area contributed by atoms with Crippen molar-refractivity contribution in [3.05, 3.63) is 23.5 Å². The first-order valence-electron chi connectivity index (χ1n) is 8.32. The van der Waals surface area contributed by atoms with Crippen molar-refractivity contribution in [1.29, 1.82) is 0 Å². The van der Waals surface area contributed by atoms with E-state index in [2.05, 4.69) is 23.9 Å². The molecule has 7 nitrogen and oxygen atoms in total. The van der Waals surface area contributed by atoms with Crippen LogP contribution in [0.1, 0.15) is 55.2 Å². The van der Waals surface area contributed by atoms with Crippen LogP contribution in [0.4, 0.5) is 0 Å². The highest BCUT2D eigenvalue weighted by Gasteiger charge is 2.35. The van der Waals surface area contributed by atoms with Crippen LogP contribution in [0.5, 0.6) is 0 Å². The molecule has 2 aromatic heterocycles. The molecule has 1 unspecified atom stereocenters. The highest BCUT2D eigenvalue weighted by Crippen LogP contribution is 2.26. The Kier molecular flexibility index (Phi) is 4.26. The Morgan fingerprint density at radius 3 is 2.88 bits per heavy atom. The number of aryl methyl sites for hydroxylation is 1. The molecule has 3 heterocycles. The second kappa shape index (κ2) is 6.22. The maximum atomic E-state index is 13.0. The van der Waals surface area contributed by atoms with E-state index >= 15 is 0 Å². The lowest BCUT2D eigenvalue weighted by atomic mass is 10.1. The number of hydrogen-bond acceptors (Lipinski definition) is 4. The summed E-state index contributed by atoms with van der Waals surface area (Å²) in [5.74, 6) is -1.20. The molecule has 0 bridgehead atoms. The molecular formula is C17H22N4O3. The zero-order chi connectivity index (χ0) is 17.4. The van der Waals surface area contributed by atoms with Crippen LogP contribution in [0.25, 0.3) is 11.0 Å². The largest absolute Gasteiger partial charge is 0.480 e. The first-order valence-corrected chi connectivity index (χ1v) is 8.32. The lowest BCUT2D eigenvalue weighted by Gasteiger charge is -2.22. The summed E-state index contributed by atoms with van der Waals surface area (Å²) in [5, 5.41) is 14.4. The molecule has 1 fully saturated rings. The molecule has 0 aliphatic carbocycles. The summed E-state index contributed by atoms with van der Waals surface area (Å²) in [6, 6.07) is 1.16. The van der Waals surface area contributed by atoms with Gasteiger partial charge in [0.25, 0.3) is 5.91 Å². The van der Waals surface area contributed by atoms with Gasteiger partial charge in [-0.3, -0.25) is 4.79 Å². The molecule has 1 aliphatic rings. The van der Waals surface area contributed by atoms with E-state index in [1.165, 1.54) is 4.90 Å². The van der Waals surface area contributed by atoms with Crippen LogP contribution >= 0.6 is 0 Å². The Labute approximate surface area is 140 Å². The van der Waals surface area contributed by atoms with E-state index in [1.807, 2.05) is 11.6 Å². The molecule has 1 amide bonds. The fourth-order valence-electron chi connectivity index (χ4n) is 3.24. The lowest BCUT2D eigenvalue weighted by molar-refractivity contribution is -0.141. The number of carbonyl (C=O) groups is 2. The third kappa shape index (κ3) is 2.64. The topological polar surface area (TPSA) is 88.3 Å². The number of amides is 1. The normalized spacial score (nSPS) is 19.0. The van der Waals surface area contributed by atoms with Crippen molar-refractivity contribution < 1.29 is 14.7 Å². The molecule has 0 saturated carbocycles. The van der Waals surface area contributed by atoms with Crippen molar-refractivity contribution in [2.75, 3.05) is 6.54 Å². The maximum Gasteiger partial charge on any atom is 0.326 e. The number of aromatic nitrogens is 3. The van der Waals surface area contributed by atoms with Gasteiger partial charge in [0.05, 0.1) is 23.2 Å². The van der Waals surface area contributed by atoms with E-state index in [4.69, 9.17) is 0 Å². The quantitative estimate of drug-likeness (QED) is 0.930. The monoisotopic (exact) mass is 330 g/mol. The van der Waals surface area contributed by atoms with Crippen molar-refractivity contribution >= 4 is 22.9 Å². The number of pyridine rings is 1. The summed E-state index contributed by atoms with van der Waals surface area (Å²) >= 11 is 0. The van der Waals surface area contributed by atoms with Crippen molar-refractivity contribution in [3.63, 3.8) is 0 Å². The Hall–Kier alpha value is -2.44. The minimum Gasteiger partial charge on any atom is -0.480 e. The molecule has 0 spiro atoms. The Balaban J connectivity index is 2.08. The predicted molar refractivity (Wildman–Crippen MR) is 89.0 cm³/mol. The Morgan fingerprint density at radius 1 is 1.46 bits per heavy atom. The van der Waals surface area contributed by atoms with Crippen LogP contribution in [0.3, 0.4) is 0 Å². The van der Waals surface area contributed by atoms with Crippen molar-refractivity contribution in [1.82, 2.24) is 19.7 Å². The van der Waals surface area contributed by atoms with Gasteiger partial charge in [-0.05, 0) is 39.2 Å². The van der Waals surface area contributed by atoms with Gasteiger partial charge in [0.15, 0.2) is 5.65 Å². The van der Waals surface area contributed by atoms with Crippen LogP contribution in [0.2, 0.25) is 0 Å². The van der Waals surface area contributed by atoms with Gasteiger partial charge in [-0.2, -0.15) is 5.10 Å². The second-order valence-electron chi connectivity index (χ2n) is 6.39. The summed E-state index contributed by atoms with van der Waals surface area (Å²) in [6.45, 7) is 6.43. The molecule has 1 saturated heterocycles. The van der Waals surface area contributed by atoms with E-state index in [0.717, 1.165) is 12.1 Å². The molecule has 0 radical (unpaired) electrons. The first kappa shape index (κ1) is 16.4. The van der Waals surface area contributed by atoms with Crippen molar-refractivity contribution in [3.8, 4) is 0 Å². The van der Waals surface area contributed by atoms with Crippen molar-refractivity contribution in [2.24, 2.45) is 0 Å². The van der Waals surface area contributed by atoms with Crippen LogP contribution in [-0.2, 0) is 4.79 Å². The Bertz CT molecular complexity index is 798. The minimum atomic E-state index is -0.946. The lowest BCUT2D eigenvalue weighted by Crippen LogP contribution is -2.40. The smallest absolute Gasteiger partial charge is 0.326 e. The number of nitrogens with zero attached hydrogens (tertiary/aromatic N) is 4. The van der Waals surface area contributed by atoms with Gasteiger partial charge in [-0.25, -0.2) is 14.5 Å². The number of rotatable bonds is 4. The highest BCUT2D eigenvalue weighted by atomic mass is 16.4. The van der Waals surface area contributed by atoms with Crippen LogP contribution in [0.15, 0.2) is 12.3 Å². The van der Waals surface area contributed by atoms with Crippen molar-refractivity contribution in [2.45, 2.75) is 52.1 Å². The third-order valence-corrected chi connectivity index (χ3v) is 4.73. The molecule has 24 heavy (non-hydrogen) atoms. The van der Waals surface area contributed by atoms with Gasteiger partial charge in [0.1, 0.15) is 6.04 Å². The molecule has 7 heteroatoms. The number of aliphatic carboxylic acids is 1. The van der Waals surface area contributed by atoms with E-state index < -0.39 is 12.0 Å². The van der Waals surface area contributed by atoms with Gasteiger partial charge in [-0.15, -0.1) is 0 Å². The first-order chi connectivity index (χ1) is 11.4. The number of hydrogen-bond donors (Lipinski definition) is 1. The third-order valence-electron chi connectivity index (χ3n) is 4.73. The van der Waals surface area contributed by atoms with E-state index in [1.54, 1.807) is 12.3 Å². The average Bonchev–Trinajstić information content (AvgIpc) is 3.19. The molecule has 1 aliphatic heterocycles. The zero-order valence-electron chi connectivity index (χ0n) is 14.2. The second-order valence-corrected chi connectivity index (χ2v) is 6.39. The summed E-state index contributed by atoms with van der Waals surface area (Å²) in [6.07, 6.45) is 3.78. The fourth-order valence-corrected chi connectivity index (χ4v) is 3.24. The summed E-state index contributed by atoms with van der Waals surface area (Å²) in [7, 11) is 0.